The van der Waals surface area contributed by atoms with Crippen LogP contribution in [0.1, 0.15) is 24.8 Å². The topological polar surface area (TPSA) is 76.3 Å². The minimum absolute atomic E-state index is 0.255. The second kappa shape index (κ2) is 11.9. The Hall–Kier alpha value is -4.37. The SMILES string of the molecule is COc1ncc(-c2ccc3nc(N)c(-c4ccc(N5CCCCC5)cc4C)cc3c2)cc1NSc1ccc(F)cc1F. The van der Waals surface area contributed by atoms with Crippen LogP contribution in [-0.2, 0) is 0 Å². The maximum atomic E-state index is 14.2. The Morgan fingerprint density at radius 1 is 0.905 bits per heavy atom. The number of piperidine rings is 1. The number of nitrogens with two attached hydrogens (primary N) is 1. The highest BCUT2D eigenvalue weighted by molar-refractivity contribution is 8.00. The summed E-state index contributed by atoms with van der Waals surface area (Å²) in [5.41, 5.74) is 14.0. The molecule has 214 valence electrons. The third-order valence-electron chi connectivity index (χ3n) is 7.61. The molecule has 1 aliphatic heterocycles. The molecule has 3 aromatic carbocycles. The van der Waals surface area contributed by atoms with Crippen LogP contribution in [0.25, 0.3) is 33.2 Å². The summed E-state index contributed by atoms with van der Waals surface area (Å²) in [6, 6.07) is 20.0. The van der Waals surface area contributed by atoms with E-state index in [1.807, 2.05) is 18.2 Å². The van der Waals surface area contributed by atoms with Gasteiger partial charge in [0.05, 0.1) is 17.5 Å². The summed E-state index contributed by atoms with van der Waals surface area (Å²) in [7, 11) is 1.52. The second-order valence-electron chi connectivity index (χ2n) is 10.4. The van der Waals surface area contributed by atoms with Crippen molar-refractivity contribution in [2.45, 2.75) is 31.1 Å². The fourth-order valence-corrected chi connectivity index (χ4v) is 6.06. The monoisotopic (exact) mass is 583 g/mol. The van der Waals surface area contributed by atoms with Crippen molar-refractivity contribution in [3.05, 3.63) is 90.1 Å². The van der Waals surface area contributed by atoms with Crippen LogP contribution >= 0.6 is 11.9 Å². The fourth-order valence-electron chi connectivity index (χ4n) is 5.40. The molecule has 0 amide bonds. The summed E-state index contributed by atoms with van der Waals surface area (Å²) in [6.07, 6.45) is 5.49. The number of nitrogens with zero attached hydrogens (tertiary/aromatic N) is 3. The summed E-state index contributed by atoms with van der Waals surface area (Å²) in [5.74, 6) is -0.427. The molecule has 42 heavy (non-hydrogen) atoms. The Morgan fingerprint density at radius 3 is 2.50 bits per heavy atom. The Balaban J connectivity index is 1.31. The van der Waals surface area contributed by atoms with E-state index < -0.39 is 11.6 Å². The number of benzene rings is 3. The highest BCUT2D eigenvalue weighted by atomic mass is 32.2. The van der Waals surface area contributed by atoms with Crippen LogP contribution in [-0.4, -0.2) is 30.2 Å². The van der Waals surface area contributed by atoms with Crippen LogP contribution in [0.15, 0.2) is 77.8 Å². The van der Waals surface area contributed by atoms with E-state index in [0.29, 0.717) is 17.4 Å². The van der Waals surface area contributed by atoms with Crippen molar-refractivity contribution in [3.8, 4) is 28.1 Å². The minimum Gasteiger partial charge on any atom is -0.480 e. The van der Waals surface area contributed by atoms with E-state index in [2.05, 4.69) is 51.9 Å². The summed E-state index contributed by atoms with van der Waals surface area (Å²) in [6.45, 7) is 4.32. The van der Waals surface area contributed by atoms with Gasteiger partial charge in [0.15, 0.2) is 0 Å². The maximum absolute atomic E-state index is 14.2. The molecule has 1 saturated heterocycles. The number of aromatic nitrogens is 2. The van der Waals surface area contributed by atoms with Crippen LogP contribution in [0.4, 0.5) is 26.0 Å². The van der Waals surface area contributed by atoms with Gasteiger partial charge < -0.3 is 20.1 Å². The molecule has 6 nitrogen and oxygen atoms in total. The molecular formula is C33H31F2N5OS. The predicted octanol–water partition coefficient (Wildman–Crippen LogP) is 8.25. The molecule has 1 fully saturated rings. The van der Waals surface area contributed by atoms with Gasteiger partial charge >= 0.3 is 0 Å². The van der Waals surface area contributed by atoms with Gasteiger partial charge in [-0.2, -0.15) is 0 Å². The Bertz CT molecular complexity index is 1770. The lowest BCUT2D eigenvalue weighted by atomic mass is 9.97. The average molecular weight is 584 g/mol. The fraction of sp³-hybridized carbons (Fsp3) is 0.212. The van der Waals surface area contributed by atoms with E-state index in [1.165, 1.54) is 44.2 Å². The summed E-state index contributed by atoms with van der Waals surface area (Å²) in [5, 5.41) is 0.948. The summed E-state index contributed by atoms with van der Waals surface area (Å²) in [4.78, 5) is 11.9. The van der Waals surface area contributed by atoms with Gasteiger partial charge in [0, 0.05) is 47.6 Å². The Labute approximate surface area is 248 Å². The first-order valence-electron chi connectivity index (χ1n) is 13.9. The van der Waals surface area contributed by atoms with Crippen LogP contribution < -0.4 is 20.1 Å². The lowest BCUT2D eigenvalue weighted by Crippen LogP contribution is -2.29. The molecule has 5 aromatic rings. The van der Waals surface area contributed by atoms with Crippen molar-refractivity contribution in [2.75, 3.05) is 35.6 Å². The number of nitrogens with one attached hydrogen (secondary N) is 1. The molecule has 0 unspecified atom stereocenters. The van der Waals surface area contributed by atoms with Gasteiger partial charge in [0.25, 0.3) is 0 Å². The van der Waals surface area contributed by atoms with Crippen molar-refractivity contribution in [1.29, 1.82) is 0 Å². The molecule has 1 aliphatic rings. The standard InChI is InChI=1S/C33H31F2N5OS/c1-20-14-25(40-12-4-3-5-13-40)8-9-26(20)27-16-22-15-21(6-10-29(22)38-32(27)36)23-17-30(33(41-2)37-19-23)39-42-31-11-7-24(34)18-28(31)35/h6-11,14-19,39H,3-5,12-13H2,1-2H3,(H2,36,38). The van der Waals surface area contributed by atoms with Gasteiger partial charge in [-0.1, -0.05) is 12.1 Å². The van der Waals surface area contributed by atoms with E-state index >= 15 is 0 Å². The zero-order valence-corrected chi connectivity index (χ0v) is 24.3. The van der Waals surface area contributed by atoms with Crippen LogP contribution in [0.2, 0.25) is 0 Å². The van der Waals surface area contributed by atoms with Crippen LogP contribution in [0.5, 0.6) is 5.88 Å². The minimum atomic E-state index is -0.649. The van der Waals surface area contributed by atoms with Gasteiger partial charge in [-0.15, -0.1) is 0 Å². The van der Waals surface area contributed by atoms with Crippen molar-refractivity contribution >= 4 is 40.0 Å². The Morgan fingerprint density at radius 2 is 1.74 bits per heavy atom. The highest BCUT2D eigenvalue weighted by Gasteiger charge is 2.16. The molecule has 0 bridgehead atoms. The molecule has 9 heteroatoms. The predicted molar refractivity (Wildman–Crippen MR) is 168 cm³/mol. The van der Waals surface area contributed by atoms with Gasteiger partial charge in [0.1, 0.15) is 23.1 Å². The maximum Gasteiger partial charge on any atom is 0.237 e. The Kier molecular flexibility index (Phi) is 7.84. The first-order chi connectivity index (χ1) is 20.4. The molecule has 2 aromatic heterocycles. The largest absolute Gasteiger partial charge is 0.480 e. The number of ether oxygens (including phenoxy) is 1. The summed E-state index contributed by atoms with van der Waals surface area (Å²) < 4.78 is 36.0. The number of pyridine rings is 2. The molecule has 3 N–H and O–H groups in total. The molecule has 3 heterocycles. The number of anilines is 3. The number of hydrogen-bond acceptors (Lipinski definition) is 7. The zero-order chi connectivity index (χ0) is 29.2. The number of fused-ring (bicyclic) bond motifs is 1. The first kappa shape index (κ1) is 27.8. The molecule has 0 saturated carbocycles. The van der Waals surface area contributed by atoms with Gasteiger partial charge in [-0.3, -0.25) is 0 Å². The zero-order valence-electron chi connectivity index (χ0n) is 23.5. The second-order valence-corrected chi connectivity index (χ2v) is 11.3. The van der Waals surface area contributed by atoms with E-state index in [4.69, 9.17) is 15.5 Å². The number of aryl methyl sites for hydroxylation is 1. The van der Waals surface area contributed by atoms with Gasteiger partial charge in [-0.25, -0.2) is 18.7 Å². The van der Waals surface area contributed by atoms with Crippen molar-refractivity contribution in [3.63, 3.8) is 0 Å². The quantitative estimate of drug-likeness (QED) is 0.187. The number of nitrogen functional groups attached to an aromatic ring is 1. The number of rotatable bonds is 7. The third kappa shape index (κ3) is 5.69. The third-order valence-corrected chi connectivity index (χ3v) is 8.48. The highest BCUT2D eigenvalue weighted by Crippen LogP contribution is 2.36. The van der Waals surface area contributed by atoms with Crippen molar-refractivity contribution < 1.29 is 13.5 Å². The molecule has 0 aliphatic carbocycles. The lowest BCUT2D eigenvalue weighted by Gasteiger charge is -2.29. The molecule has 0 radical (unpaired) electrons. The van der Waals surface area contributed by atoms with Crippen LogP contribution in [0.3, 0.4) is 0 Å². The normalized spacial score (nSPS) is 13.4. The number of hydrogen-bond donors (Lipinski definition) is 2. The van der Waals surface area contributed by atoms with E-state index in [-0.39, 0.29) is 4.90 Å². The van der Waals surface area contributed by atoms with E-state index in [0.717, 1.165) is 69.8 Å². The molecular weight excluding hydrogens is 552 g/mol. The average Bonchev–Trinajstić information content (AvgIpc) is 3.00. The molecule has 0 atom stereocenters. The van der Waals surface area contributed by atoms with Crippen molar-refractivity contribution in [1.82, 2.24) is 9.97 Å². The van der Waals surface area contributed by atoms with Gasteiger partial charge in [0.2, 0.25) is 5.88 Å². The number of halogens is 2. The lowest BCUT2D eigenvalue weighted by molar-refractivity contribution is 0.400. The van der Waals surface area contributed by atoms with Crippen molar-refractivity contribution in [2.24, 2.45) is 0 Å². The summed E-state index contributed by atoms with van der Waals surface area (Å²) >= 11 is 1.02. The first-order valence-corrected chi connectivity index (χ1v) is 14.7. The smallest absolute Gasteiger partial charge is 0.237 e. The van der Waals surface area contributed by atoms with E-state index in [9.17, 15) is 8.78 Å². The van der Waals surface area contributed by atoms with E-state index in [1.54, 1.807) is 6.20 Å². The molecule has 0 spiro atoms. The molecule has 6 rings (SSSR count). The van der Waals surface area contributed by atoms with Gasteiger partial charge in [-0.05, 0) is 103 Å². The number of methoxy groups -OCH3 is 1. The van der Waals surface area contributed by atoms with Crippen LogP contribution in [0, 0.1) is 18.6 Å².